The van der Waals surface area contributed by atoms with Gasteiger partial charge >= 0.3 is 0 Å². The van der Waals surface area contributed by atoms with E-state index in [4.69, 9.17) is 0 Å². The molecule has 0 aliphatic carbocycles. The summed E-state index contributed by atoms with van der Waals surface area (Å²) in [5.74, 6) is 0. The fourth-order valence-corrected chi connectivity index (χ4v) is 9.96. The second-order valence-electron chi connectivity index (χ2n) is 13.9. The summed E-state index contributed by atoms with van der Waals surface area (Å²) < 4.78 is 5.20. The highest BCUT2D eigenvalue weighted by Crippen LogP contribution is 2.43. The maximum absolute atomic E-state index is 4.05. The van der Waals surface area contributed by atoms with Crippen molar-refractivity contribution in [2.75, 3.05) is 9.80 Å². The Balaban J connectivity index is 1.02. The van der Waals surface area contributed by atoms with Gasteiger partial charge in [0.2, 0.25) is 0 Å². The maximum atomic E-state index is 4.05. The van der Waals surface area contributed by atoms with Gasteiger partial charge in [-0.2, -0.15) is 0 Å². The smallest absolute Gasteiger partial charge is 0.0468 e. The van der Waals surface area contributed by atoms with Crippen LogP contribution in [0.3, 0.4) is 0 Å². The highest BCUT2D eigenvalue weighted by atomic mass is 32.1. The molecule has 0 saturated carbocycles. The van der Waals surface area contributed by atoms with Crippen LogP contribution < -0.4 is 9.80 Å². The lowest BCUT2D eigenvalue weighted by molar-refractivity contribution is 1.28. The van der Waals surface area contributed by atoms with Crippen LogP contribution in [0, 0.1) is 0 Å². The first-order chi connectivity index (χ1) is 27.6. The average Bonchev–Trinajstić information content (AvgIpc) is 3.82. The van der Waals surface area contributed by atoms with Crippen LogP contribution in [-0.2, 0) is 0 Å². The Labute approximate surface area is 334 Å². The van der Waals surface area contributed by atoms with Gasteiger partial charge in [-0.25, -0.2) is 0 Å². The third-order valence-electron chi connectivity index (χ3n) is 10.5. The number of fused-ring (bicyclic) bond motifs is 6. The monoisotopic (exact) mass is 752 g/mol. The Kier molecular flexibility index (Phi) is 8.56. The quantitative estimate of drug-likeness (QED) is 0.145. The first-order valence-corrected chi connectivity index (χ1v) is 20.4. The molecule has 10 rings (SSSR count). The maximum Gasteiger partial charge on any atom is 0.0468 e. The summed E-state index contributed by atoms with van der Waals surface area (Å²) in [5, 5.41) is 5.14. The van der Waals surface area contributed by atoms with E-state index in [1.54, 1.807) is 0 Å². The Morgan fingerprint density at radius 3 is 1.12 bits per heavy atom. The van der Waals surface area contributed by atoms with E-state index < -0.39 is 0 Å². The standard InChI is InChI=1S/C52H36N2S2/c1-3-35-11-9-13-41(31-35)53(43-27-29-51-47(33-43)45-15-5-7-17-49(45)55-51)39-23-19-37(20-24-39)38-21-25-40(26-22-38)54(42-14-10-12-36(4-2)32-42)44-28-30-52-48(34-44)46-16-6-8-18-50(46)56-52/h3-34H,1-2H2. The van der Waals surface area contributed by atoms with Crippen LogP contribution in [0.25, 0.3) is 63.6 Å². The van der Waals surface area contributed by atoms with E-state index in [1.807, 2.05) is 34.8 Å². The largest absolute Gasteiger partial charge is 0.310 e. The minimum Gasteiger partial charge on any atom is -0.310 e. The van der Waals surface area contributed by atoms with E-state index in [2.05, 4.69) is 205 Å². The minimum atomic E-state index is 1.08. The molecule has 2 heterocycles. The second-order valence-corrected chi connectivity index (χ2v) is 16.1. The topological polar surface area (TPSA) is 6.48 Å². The number of hydrogen-bond donors (Lipinski definition) is 0. The van der Waals surface area contributed by atoms with E-state index in [0.29, 0.717) is 0 Å². The van der Waals surface area contributed by atoms with Gasteiger partial charge in [-0.15, -0.1) is 22.7 Å². The van der Waals surface area contributed by atoms with Gasteiger partial charge in [-0.05, 0) is 119 Å². The molecule has 56 heavy (non-hydrogen) atoms. The molecular weight excluding hydrogens is 717 g/mol. The van der Waals surface area contributed by atoms with Crippen LogP contribution in [0.5, 0.6) is 0 Å². The van der Waals surface area contributed by atoms with E-state index in [0.717, 1.165) is 56.4 Å². The predicted octanol–water partition coefficient (Wildman–Crippen LogP) is 16.3. The molecule has 0 unspecified atom stereocenters. The molecule has 0 bridgehead atoms. The van der Waals surface area contributed by atoms with E-state index in [9.17, 15) is 0 Å². The first kappa shape index (κ1) is 33.8. The van der Waals surface area contributed by atoms with Gasteiger partial charge in [-0.3, -0.25) is 0 Å². The lowest BCUT2D eigenvalue weighted by Gasteiger charge is -2.27. The molecule has 0 aliphatic rings. The molecule has 0 fully saturated rings. The Hall–Kier alpha value is -6.72. The highest BCUT2D eigenvalue weighted by Gasteiger charge is 2.18. The molecule has 10 aromatic rings. The third kappa shape index (κ3) is 6.06. The van der Waals surface area contributed by atoms with E-state index in [1.165, 1.54) is 40.3 Å². The van der Waals surface area contributed by atoms with Gasteiger partial charge in [-0.1, -0.05) is 110 Å². The van der Waals surface area contributed by atoms with Crippen molar-refractivity contribution in [2.45, 2.75) is 0 Å². The molecule has 0 N–H and O–H groups in total. The average molecular weight is 753 g/mol. The van der Waals surface area contributed by atoms with Crippen LogP contribution in [0.4, 0.5) is 34.1 Å². The van der Waals surface area contributed by atoms with Crippen molar-refractivity contribution in [3.05, 3.63) is 206 Å². The van der Waals surface area contributed by atoms with Crippen LogP contribution in [0.2, 0.25) is 0 Å². The van der Waals surface area contributed by atoms with Crippen LogP contribution >= 0.6 is 22.7 Å². The number of hydrogen-bond acceptors (Lipinski definition) is 4. The van der Waals surface area contributed by atoms with Crippen molar-refractivity contribution in [1.82, 2.24) is 0 Å². The van der Waals surface area contributed by atoms with Gasteiger partial charge in [0.05, 0.1) is 0 Å². The number of benzene rings is 8. The zero-order valence-electron chi connectivity index (χ0n) is 30.6. The summed E-state index contributed by atoms with van der Waals surface area (Å²) >= 11 is 3.69. The van der Waals surface area contributed by atoms with Gasteiger partial charge in [0.15, 0.2) is 0 Å². The number of rotatable bonds is 9. The lowest BCUT2D eigenvalue weighted by atomic mass is 10.0. The first-order valence-electron chi connectivity index (χ1n) is 18.7. The van der Waals surface area contributed by atoms with Crippen molar-refractivity contribution in [2.24, 2.45) is 0 Å². The Morgan fingerprint density at radius 1 is 0.321 bits per heavy atom. The lowest BCUT2D eigenvalue weighted by Crippen LogP contribution is -2.10. The molecule has 2 nitrogen and oxygen atoms in total. The second kappa shape index (κ2) is 14.2. The number of nitrogens with zero attached hydrogens (tertiary/aromatic N) is 2. The molecule has 0 radical (unpaired) electrons. The van der Waals surface area contributed by atoms with E-state index >= 15 is 0 Å². The SMILES string of the molecule is C=Cc1cccc(N(c2ccc(-c3ccc(N(c4cccc(C=C)c4)c4ccc5sc6ccccc6c5c4)cc3)cc2)c2ccc3sc4ccccc4c3c2)c1. The fraction of sp³-hybridized carbons (Fsp3) is 0. The fourth-order valence-electron chi connectivity index (χ4n) is 7.79. The number of anilines is 6. The molecule has 8 aromatic carbocycles. The van der Waals surface area contributed by atoms with Crippen molar-refractivity contribution >= 4 is 109 Å². The molecule has 2 aromatic heterocycles. The van der Waals surface area contributed by atoms with Crippen molar-refractivity contribution in [1.29, 1.82) is 0 Å². The molecular formula is C52H36N2S2. The molecule has 0 amide bonds. The Morgan fingerprint density at radius 2 is 0.696 bits per heavy atom. The van der Waals surface area contributed by atoms with Crippen molar-refractivity contribution in [3.63, 3.8) is 0 Å². The summed E-state index contributed by atoms with van der Waals surface area (Å²) in [4.78, 5) is 4.68. The van der Waals surface area contributed by atoms with Crippen LogP contribution in [0.15, 0.2) is 195 Å². The summed E-state index contributed by atoms with van der Waals surface area (Å²) in [7, 11) is 0. The zero-order chi connectivity index (χ0) is 37.6. The van der Waals surface area contributed by atoms with Crippen molar-refractivity contribution < 1.29 is 0 Å². The summed E-state index contributed by atoms with van der Waals surface area (Å²) in [6.07, 6.45) is 3.81. The molecule has 0 saturated heterocycles. The molecule has 4 heteroatoms. The van der Waals surface area contributed by atoms with Crippen molar-refractivity contribution in [3.8, 4) is 11.1 Å². The molecule has 0 atom stereocenters. The van der Waals surface area contributed by atoms with Gasteiger partial charge < -0.3 is 9.80 Å². The summed E-state index contributed by atoms with van der Waals surface area (Å²) in [5.41, 5.74) is 11.1. The van der Waals surface area contributed by atoms with E-state index in [-0.39, 0.29) is 0 Å². The third-order valence-corrected chi connectivity index (χ3v) is 12.9. The summed E-state index contributed by atoms with van der Waals surface area (Å²) in [6.45, 7) is 8.09. The zero-order valence-corrected chi connectivity index (χ0v) is 32.2. The van der Waals surface area contributed by atoms with Crippen LogP contribution in [-0.4, -0.2) is 0 Å². The Bertz CT molecular complexity index is 2870. The van der Waals surface area contributed by atoms with Crippen LogP contribution in [0.1, 0.15) is 11.1 Å². The molecule has 266 valence electrons. The predicted molar refractivity (Wildman–Crippen MR) is 247 cm³/mol. The molecule has 0 spiro atoms. The minimum absolute atomic E-state index is 1.08. The highest BCUT2D eigenvalue weighted by molar-refractivity contribution is 7.26. The van der Waals surface area contributed by atoms with Gasteiger partial charge in [0.25, 0.3) is 0 Å². The molecule has 0 aliphatic heterocycles. The number of thiophene rings is 2. The summed E-state index contributed by atoms with van der Waals surface area (Å²) in [6, 6.07) is 66.0. The van der Waals surface area contributed by atoms with Gasteiger partial charge in [0, 0.05) is 74.5 Å². The van der Waals surface area contributed by atoms with Gasteiger partial charge in [0.1, 0.15) is 0 Å². The normalized spacial score (nSPS) is 11.4.